The minimum atomic E-state index is -3.90. The van der Waals surface area contributed by atoms with Crippen molar-refractivity contribution in [1.82, 2.24) is 0 Å². The Morgan fingerprint density at radius 1 is 0.842 bits per heavy atom. The normalized spacial score (nSPS) is 14.9. The SMILES string of the molecule is CCCCCCCCCC[C@@H](OS(=O)(=O)c1ccc(C)cc1)[C@H](CC=CCC(C)C)O[Si](C)(C)C(C)(C)C. The van der Waals surface area contributed by atoms with Gasteiger partial charge in [0.05, 0.1) is 11.0 Å². The molecule has 0 radical (unpaired) electrons. The highest BCUT2D eigenvalue weighted by Crippen LogP contribution is 2.39. The summed E-state index contributed by atoms with van der Waals surface area (Å²) in [5.74, 6) is 0.581. The van der Waals surface area contributed by atoms with Gasteiger partial charge in [-0.3, -0.25) is 4.18 Å². The van der Waals surface area contributed by atoms with E-state index in [-0.39, 0.29) is 16.0 Å². The van der Waals surface area contributed by atoms with E-state index >= 15 is 0 Å². The largest absolute Gasteiger partial charge is 0.411 e. The van der Waals surface area contributed by atoms with Crippen LogP contribution in [0.3, 0.4) is 0 Å². The third kappa shape index (κ3) is 13.4. The molecule has 0 aliphatic carbocycles. The summed E-state index contributed by atoms with van der Waals surface area (Å²) in [6, 6.07) is 6.93. The lowest BCUT2D eigenvalue weighted by molar-refractivity contribution is 0.0434. The molecule has 0 unspecified atom stereocenters. The molecule has 0 bridgehead atoms. The van der Waals surface area contributed by atoms with Gasteiger partial charge in [0.25, 0.3) is 10.1 Å². The van der Waals surface area contributed by atoms with Crippen molar-refractivity contribution in [2.24, 2.45) is 5.92 Å². The van der Waals surface area contributed by atoms with Gasteiger partial charge < -0.3 is 4.43 Å². The summed E-state index contributed by atoms with van der Waals surface area (Å²) in [5, 5.41) is 0.0196. The van der Waals surface area contributed by atoms with Gasteiger partial charge in [-0.05, 0) is 62.4 Å². The van der Waals surface area contributed by atoms with Crippen LogP contribution in [0.4, 0.5) is 0 Å². The first-order chi connectivity index (χ1) is 17.7. The van der Waals surface area contributed by atoms with Crippen LogP contribution in [0, 0.1) is 12.8 Å². The molecule has 38 heavy (non-hydrogen) atoms. The highest BCUT2D eigenvalue weighted by atomic mass is 32.2. The minimum absolute atomic E-state index is 0.0196. The summed E-state index contributed by atoms with van der Waals surface area (Å²) in [6.07, 6.45) is 15.5. The molecule has 6 heteroatoms. The van der Waals surface area contributed by atoms with Crippen molar-refractivity contribution in [2.75, 3.05) is 0 Å². The van der Waals surface area contributed by atoms with Gasteiger partial charge in [-0.1, -0.05) is 123 Å². The summed E-state index contributed by atoms with van der Waals surface area (Å²) < 4.78 is 39.7. The lowest BCUT2D eigenvalue weighted by Gasteiger charge is -2.41. The highest BCUT2D eigenvalue weighted by molar-refractivity contribution is 7.86. The third-order valence-corrected chi connectivity index (χ3v) is 13.6. The second kappa shape index (κ2) is 17.0. The van der Waals surface area contributed by atoms with Crippen LogP contribution in [0.2, 0.25) is 18.1 Å². The Labute approximate surface area is 237 Å². The summed E-state index contributed by atoms with van der Waals surface area (Å²) >= 11 is 0. The number of unbranched alkanes of at least 4 members (excludes halogenated alkanes) is 7. The van der Waals surface area contributed by atoms with E-state index < -0.39 is 24.5 Å². The maximum atomic E-state index is 13.4. The molecule has 0 saturated heterocycles. The van der Waals surface area contributed by atoms with Crippen LogP contribution in [-0.4, -0.2) is 28.9 Å². The number of hydrogen-bond donors (Lipinski definition) is 0. The number of aryl methyl sites for hydroxylation is 1. The Morgan fingerprint density at radius 2 is 1.37 bits per heavy atom. The molecule has 0 fully saturated rings. The molecule has 0 heterocycles. The van der Waals surface area contributed by atoms with Gasteiger partial charge in [0, 0.05) is 0 Å². The van der Waals surface area contributed by atoms with E-state index in [1.54, 1.807) is 12.1 Å². The van der Waals surface area contributed by atoms with Crippen LogP contribution in [0.15, 0.2) is 41.3 Å². The highest BCUT2D eigenvalue weighted by Gasteiger charge is 2.41. The molecule has 1 aromatic carbocycles. The maximum absolute atomic E-state index is 13.4. The second-order valence-corrected chi connectivity index (χ2v) is 19.2. The third-order valence-electron chi connectivity index (χ3n) is 7.71. The van der Waals surface area contributed by atoms with Crippen LogP contribution >= 0.6 is 0 Å². The molecule has 0 saturated carbocycles. The molecule has 0 N–H and O–H groups in total. The summed E-state index contributed by atoms with van der Waals surface area (Å²) in [4.78, 5) is 0.213. The molecule has 0 aromatic heterocycles. The summed E-state index contributed by atoms with van der Waals surface area (Å²) in [5.41, 5.74) is 1.02. The summed E-state index contributed by atoms with van der Waals surface area (Å²) in [7, 11) is -6.06. The average molecular weight is 567 g/mol. The molecule has 0 aliphatic rings. The van der Waals surface area contributed by atoms with Gasteiger partial charge in [-0.25, -0.2) is 0 Å². The first kappa shape index (κ1) is 35.1. The topological polar surface area (TPSA) is 52.6 Å². The molecular formula is C32H58O4SSi. The smallest absolute Gasteiger partial charge is 0.297 e. The average Bonchev–Trinajstić information content (AvgIpc) is 2.81. The monoisotopic (exact) mass is 566 g/mol. The lowest BCUT2D eigenvalue weighted by atomic mass is 10.0. The van der Waals surface area contributed by atoms with Gasteiger partial charge in [0.1, 0.15) is 6.10 Å². The van der Waals surface area contributed by atoms with Crippen molar-refractivity contribution < 1.29 is 17.0 Å². The van der Waals surface area contributed by atoms with Crippen LogP contribution in [0.5, 0.6) is 0 Å². The summed E-state index contributed by atoms with van der Waals surface area (Å²) in [6.45, 7) is 19.7. The Morgan fingerprint density at radius 3 is 1.89 bits per heavy atom. The van der Waals surface area contributed by atoms with Gasteiger partial charge in [0.2, 0.25) is 0 Å². The van der Waals surface area contributed by atoms with Crippen molar-refractivity contribution in [2.45, 2.75) is 154 Å². The van der Waals surface area contributed by atoms with E-state index in [0.717, 1.165) is 24.8 Å². The Balaban J connectivity index is 3.14. The zero-order valence-electron chi connectivity index (χ0n) is 26.0. The molecule has 1 aromatic rings. The molecule has 2 atom stereocenters. The lowest BCUT2D eigenvalue weighted by Crippen LogP contribution is -2.47. The van der Waals surface area contributed by atoms with Gasteiger partial charge >= 0.3 is 0 Å². The van der Waals surface area contributed by atoms with Crippen molar-refractivity contribution in [3.8, 4) is 0 Å². The van der Waals surface area contributed by atoms with Crippen molar-refractivity contribution in [1.29, 1.82) is 0 Å². The zero-order valence-corrected chi connectivity index (χ0v) is 27.8. The van der Waals surface area contributed by atoms with Crippen LogP contribution < -0.4 is 0 Å². The Kier molecular flexibility index (Phi) is 15.7. The number of benzene rings is 1. The fraction of sp³-hybridized carbons (Fsp3) is 0.750. The van der Waals surface area contributed by atoms with E-state index in [0.29, 0.717) is 18.8 Å². The van der Waals surface area contributed by atoms with Crippen LogP contribution in [0.1, 0.15) is 118 Å². The van der Waals surface area contributed by atoms with Crippen molar-refractivity contribution >= 4 is 18.4 Å². The zero-order chi connectivity index (χ0) is 28.8. The minimum Gasteiger partial charge on any atom is -0.411 e. The predicted molar refractivity (Wildman–Crippen MR) is 166 cm³/mol. The van der Waals surface area contributed by atoms with Crippen LogP contribution in [0.25, 0.3) is 0 Å². The number of allylic oxidation sites excluding steroid dienone is 1. The van der Waals surface area contributed by atoms with E-state index in [1.807, 2.05) is 19.1 Å². The van der Waals surface area contributed by atoms with Crippen LogP contribution in [-0.2, 0) is 18.7 Å². The standard InChI is InChI=1S/C32H58O4SSi/c1-10-11-12-13-14-15-16-17-21-30(35-37(33,34)29-25-23-28(4)24-26-29)31(22-19-18-20-27(2)3)36-38(8,9)32(5,6)7/h18-19,23-27,30-31H,10-17,20-22H2,1-9H3/t30-,31+/m1/s1. The molecular weight excluding hydrogens is 509 g/mol. The van der Waals surface area contributed by atoms with E-state index in [1.165, 1.54) is 38.5 Å². The maximum Gasteiger partial charge on any atom is 0.297 e. The fourth-order valence-corrected chi connectivity index (χ4v) is 6.61. The van der Waals surface area contributed by atoms with Gasteiger partial charge in [0.15, 0.2) is 8.32 Å². The van der Waals surface area contributed by atoms with Gasteiger partial charge in [-0.15, -0.1) is 0 Å². The molecule has 0 aliphatic heterocycles. The number of hydrogen-bond acceptors (Lipinski definition) is 4. The first-order valence-corrected chi connectivity index (χ1v) is 19.3. The van der Waals surface area contributed by atoms with Gasteiger partial charge in [-0.2, -0.15) is 8.42 Å². The predicted octanol–water partition coefficient (Wildman–Crippen LogP) is 9.98. The molecule has 0 amide bonds. The van der Waals surface area contributed by atoms with E-state index in [9.17, 15) is 8.42 Å². The van der Waals surface area contributed by atoms with Crippen molar-refractivity contribution in [3.05, 3.63) is 42.0 Å². The van der Waals surface area contributed by atoms with E-state index in [2.05, 4.69) is 66.8 Å². The quantitative estimate of drug-likeness (QED) is 0.0723. The fourth-order valence-electron chi connectivity index (χ4n) is 4.13. The first-order valence-electron chi connectivity index (χ1n) is 15.0. The number of rotatable bonds is 19. The molecule has 0 spiro atoms. The second-order valence-electron chi connectivity index (χ2n) is 12.9. The molecule has 4 nitrogen and oxygen atoms in total. The van der Waals surface area contributed by atoms with E-state index in [4.69, 9.17) is 8.61 Å². The Hall–Kier alpha value is -0.953. The molecule has 1 rings (SSSR count). The Bertz CT molecular complexity index is 898. The molecule has 220 valence electrons. The van der Waals surface area contributed by atoms with Crippen molar-refractivity contribution in [3.63, 3.8) is 0 Å².